The van der Waals surface area contributed by atoms with E-state index >= 15 is 0 Å². The van der Waals surface area contributed by atoms with E-state index in [1.165, 1.54) is 4.90 Å². The molecule has 0 spiro atoms. The predicted octanol–water partition coefficient (Wildman–Crippen LogP) is 2.24. The van der Waals surface area contributed by atoms with Crippen molar-refractivity contribution in [2.75, 3.05) is 31.0 Å². The lowest BCUT2D eigenvalue weighted by molar-refractivity contribution is -0.124. The average Bonchev–Trinajstić information content (AvgIpc) is 3.11. The number of carbonyl (C=O) groups is 2. The number of anilines is 2. The largest absolute Gasteiger partial charge is 0.465 e. The topological polar surface area (TPSA) is 119 Å². The van der Waals surface area contributed by atoms with Crippen LogP contribution in [0, 0.1) is 17.7 Å². The summed E-state index contributed by atoms with van der Waals surface area (Å²) in [6, 6.07) is 0. The van der Waals surface area contributed by atoms with E-state index in [2.05, 4.69) is 26.1 Å². The Labute approximate surface area is 161 Å². The van der Waals surface area contributed by atoms with Crippen LogP contribution >= 0.6 is 11.6 Å². The number of hydrogen-bond acceptors (Lipinski definition) is 6. The molecule has 4 N–H and O–H groups in total. The molecule has 2 rings (SSSR count). The third-order valence-corrected chi connectivity index (χ3v) is 4.67. The maximum atomic E-state index is 14.4. The molecule has 27 heavy (non-hydrogen) atoms. The van der Waals surface area contributed by atoms with Gasteiger partial charge in [0.1, 0.15) is 0 Å². The van der Waals surface area contributed by atoms with Crippen molar-refractivity contribution in [1.82, 2.24) is 20.7 Å². The zero-order chi connectivity index (χ0) is 20.0. The van der Waals surface area contributed by atoms with Crippen LogP contribution in [0.2, 0.25) is 5.28 Å². The number of carboxylic acid groups (broad SMARTS) is 1. The normalized spacial score (nSPS) is 15.3. The second-order valence-corrected chi connectivity index (χ2v) is 7.09. The minimum Gasteiger partial charge on any atom is -0.465 e. The van der Waals surface area contributed by atoms with Crippen LogP contribution in [0.1, 0.15) is 32.1 Å². The van der Waals surface area contributed by atoms with Gasteiger partial charge >= 0.3 is 6.09 Å². The van der Waals surface area contributed by atoms with Gasteiger partial charge in [-0.1, -0.05) is 25.7 Å². The molecule has 0 aromatic carbocycles. The van der Waals surface area contributed by atoms with E-state index in [0.29, 0.717) is 12.3 Å². The van der Waals surface area contributed by atoms with Crippen molar-refractivity contribution in [2.24, 2.45) is 11.8 Å². The van der Waals surface area contributed by atoms with E-state index in [0.717, 1.165) is 25.7 Å². The highest BCUT2D eigenvalue weighted by Gasteiger charge is 2.26. The van der Waals surface area contributed by atoms with Crippen molar-refractivity contribution in [3.8, 4) is 0 Å². The number of aromatic nitrogens is 2. The van der Waals surface area contributed by atoms with E-state index in [9.17, 15) is 14.0 Å². The molecule has 0 aliphatic heterocycles. The molecule has 1 aromatic rings. The highest BCUT2D eigenvalue weighted by molar-refractivity contribution is 6.28. The molecule has 1 atom stereocenters. The van der Waals surface area contributed by atoms with Crippen LogP contribution in [0.4, 0.5) is 20.8 Å². The molecule has 0 bridgehead atoms. The van der Waals surface area contributed by atoms with Gasteiger partial charge in [0.15, 0.2) is 11.6 Å². The summed E-state index contributed by atoms with van der Waals surface area (Å²) >= 11 is 5.80. The Morgan fingerprint density at radius 2 is 2.00 bits per heavy atom. The number of hydrogen-bond donors (Lipinski definition) is 4. The third-order valence-electron chi connectivity index (χ3n) is 4.50. The number of hydrazine groups is 1. The average molecular weight is 403 g/mol. The molecule has 9 nitrogen and oxygen atoms in total. The standard InChI is InChI=1S/C16H24ClFN6O3/c1-24(2)13-11(18)12(20-15(17)21-13)22-23-14(25)10(8-19-16(26)27)7-9-5-3-4-6-9/h9-10,19H,3-8H2,1-2H3,(H,23,25)(H,26,27)(H,20,21,22)/t10-/m1/s1. The molecule has 1 heterocycles. The monoisotopic (exact) mass is 402 g/mol. The maximum absolute atomic E-state index is 14.4. The van der Waals surface area contributed by atoms with Gasteiger partial charge in [-0.05, 0) is 23.9 Å². The summed E-state index contributed by atoms with van der Waals surface area (Å²) in [5.74, 6) is -1.70. The van der Waals surface area contributed by atoms with Gasteiger partial charge in [-0.3, -0.25) is 15.6 Å². The Kier molecular flexibility index (Phi) is 7.40. The molecule has 0 saturated heterocycles. The van der Waals surface area contributed by atoms with Crippen LogP contribution in [0.15, 0.2) is 0 Å². The number of nitrogens with zero attached hydrogens (tertiary/aromatic N) is 3. The maximum Gasteiger partial charge on any atom is 0.404 e. The van der Waals surface area contributed by atoms with Gasteiger partial charge in [0, 0.05) is 20.6 Å². The summed E-state index contributed by atoms with van der Waals surface area (Å²) in [6.45, 7) is -0.0185. The quantitative estimate of drug-likeness (QED) is 0.389. The molecule has 1 aliphatic carbocycles. The van der Waals surface area contributed by atoms with Crippen LogP contribution in [-0.4, -0.2) is 47.7 Å². The SMILES string of the molecule is CN(C)c1nc(Cl)nc(NNC(=O)[C@@H](CNC(=O)O)CC2CCCC2)c1F. The van der Waals surface area contributed by atoms with E-state index in [1.807, 2.05) is 0 Å². The molecule has 0 unspecified atom stereocenters. The first kappa shape index (κ1) is 20.9. The Morgan fingerprint density at radius 1 is 1.33 bits per heavy atom. The number of amides is 2. The summed E-state index contributed by atoms with van der Waals surface area (Å²) in [5, 5.41) is 10.9. The first-order chi connectivity index (χ1) is 12.8. The minimum atomic E-state index is -1.20. The van der Waals surface area contributed by atoms with E-state index < -0.39 is 23.7 Å². The number of carbonyl (C=O) groups excluding carboxylic acids is 1. The lowest BCUT2D eigenvalue weighted by Crippen LogP contribution is -2.42. The molecule has 1 saturated carbocycles. The van der Waals surface area contributed by atoms with E-state index in [4.69, 9.17) is 16.7 Å². The lowest BCUT2D eigenvalue weighted by atomic mass is 9.92. The molecular formula is C16H24ClFN6O3. The lowest BCUT2D eigenvalue weighted by Gasteiger charge is -2.21. The summed E-state index contributed by atoms with van der Waals surface area (Å²) in [4.78, 5) is 32.3. The molecule has 2 amide bonds. The first-order valence-electron chi connectivity index (χ1n) is 8.71. The molecule has 1 aliphatic rings. The van der Waals surface area contributed by atoms with Crippen LogP contribution in [-0.2, 0) is 4.79 Å². The number of rotatable bonds is 8. The van der Waals surface area contributed by atoms with Crippen LogP contribution in [0.25, 0.3) is 0 Å². The molecule has 1 fully saturated rings. The molecule has 150 valence electrons. The summed E-state index contributed by atoms with van der Waals surface area (Å²) in [6.07, 6.45) is 3.63. The van der Waals surface area contributed by atoms with Crippen molar-refractivity contribution >= 4 is 35.2 Å². The fourth-order valence-electron chi connectivity index (χ4n) is 3.15. The summed E-state index contributed by atoms with van der Waals surface area (Å²) in [5.41, 5.74) is 4.83. The fraction of sp³-hybridized carbons (Fsp3) is 0.625. The minimum absolute atomic E-state index is 0.0185. The van der Waals surface area contributed by atoms with Crippen molar-refractivity contribution in [1.29, 1.82) is 0 Å². The fourth-order valence-corrected chi connectivity index (χ4v) is 3.32. The number of halogens is 2. The van der Waals surface area contributed by atoms with E-state index in [1.54, 1.807) is 14.1 Å². The highest BCUT2D eigenvalue weighted by Crippen LogP contribution is 2.30. The number of nitrogens with one attached hydrogen (secondary N) is 3. The zero-order valence-electron chi connectivity index (χ0n) is 15.3. The molecule has 0 radical (unpaired) electrons. The molecule has 11 heteroatoms. The molecular weight excluding hydrogens is 379 g/mol. The van der Waals surface area contributed by atoms with Gasteiger partial charge in [0.05, 0.1) is 5.92 Å². The van der Waals surface area contributed by atoms with Gasteiger partial charge in [-0.2, -0.15) is 14.4 Å². The van der Waals surface area contributed by atoms with Crippen molar-refractivity contribution in [3.63, 3.8) is 0 Å². The second-order valence-electron chi connectivity index (χ2n) is 6.76. The Bertz CT molecular complexity index is 684. The summed E-state index contributed by atoms with van der Waals surface area (Å²) in [7, 11) is 3.19. The second kappa shape index (κ2) is 9.54. The Morgan fingerprint density at radius 3 is 2.59 bits per heavy atom. The van der Waals surface area contributed by atoms with Gasteiger partial charge in [-0.15, -0.1) is 0 Å². The molecule has 1 aromatic heterocycles. The smallest absolute Gasteiger partial charge is 0.404 e. The van der Waals surface area contributed by atoms with Gasteiger partial charge in [-0.25, -0.2) is 4.79 Å². The Balaban J connectivity index is 2.04. The van der Waals surface area contributed by atoms with Gasteiger partial charge < -0.3 is 15.3 Å². The summed E-state index contributed by atoms with van der Waals surface area (Å²) < 4.78 is 14.4. The van der Waals surface area contributed by atoms with Crippen LogP contribution < -0.4 is 21.1 Å². The van der Waals surface area contributed by atoms with Crippen molar-refractivity contribution in [3.05, 3.63) is 11.1 Å². The van der Waals surface area contributed by atoms with Crippen molar-refractivity contribution in [2.45, 2.75) is 32.1 Å². The third kappa shape index (κ3) is 6.09. The zero-order valence-corrected chi connectivity index (χ0v) is 16.0. The van der Waals surface area contributed by atoms with E-state index in [-0.39, 0.29) is 23.5 Å². The first-order valence-corrected chi connectivity index (χ1v) is 9.08. The van der Waals surface area contributed by atoms with Gasteiger partial charge in [0.2, 0.25) is 17.0 Å². The Hall–Kier alpha value is -2.36. The van der Waals surface area contributed by atoms with Gasteiger partial charge in [0.25, 0.3) is 0 Å². The predicted molar refractivity (Wildman–Crippen MR) is 99.2 cm³/mol. The van der Waals surface area contributed by atoms with Crippen molar-refractivity contribution < 1.29 is 19.1 Å². The van der Waals surface area contributed by atoms with Crippen LogP contribution in [0.3, 0.4) is 0 Å². The van der Waals surface area contributed by atoms with Crippen LogP contribution in [0.5, 0.6) is 0 Å². The highest BCUT2D eigenvalue weighted by atomic mass is 35.5.